The topological polar surface area (TPSA) is 110 Å². The Bertz CT molecular complexity index is 1220. The SMILES string of the molecule is CCC(C)(C)C.CCC(C)C.CCCC.CCc1cc(Nc2nc(C)cn3c(-c4cn[nH]c4)cnc23)sn1.COC=O. The molecule has 0 bridgehead atoms. The second kappa shape index (κ2) is 21.4. The largest absolute Gasteiger partial charge is 0.471 e. The molecule has 0 aliphatic carbocycles. The highest BCUT2D eigenvalue weighted by molar-refractivity contribution is 7.10. The number of methoxy groups -OCH3 is 1. The van der Waals surface area contributed by atoms with Crippen LogP contribution in [0.5, 0.6) is 0 Å². The van der Waals surface area contributed by atoms with Gasteiger partial charge in [-0.3, -0.25) is 14.3 Å². The van der Waals surface area contributed by atoms with Gasteiger partial charge in [-0.15, -0.1) is 0 Å². The maximum absolute atomic E-state index is 8.95. The number of aromatic amines is 1. The van der Waals surface area contributed by atoms with Crippen molar-refractivity contribution in [1.82, 2.24) is 28.9 Å². The molecule has 42 heavy (non-hydrogen) atoms. The molecular weight excluding hydrogens is 546 g/mol. The monoisotopic (exact) mass is 601 g/mol. The van der Waals surface area contributed by atoms with Crippen LogP contribution in [0.1, 0.15) is 106 Å². The third kappa shape index (κ3) is 15.7. The number of H-pyrrole nitrogens is 1. The van der Waals surface area contributed by atoms with E-state index in [-0.39, 0.29) is 0 Å². The zero-order chi connectivity index (χ0) is 32.1. The number of imidazole rings is 1. The standard InChI is InChI=1S/C15H15N7S.C6H14.C5H12.C4H10.C2H4O2/c1-3-11-4-13(23-21-11)20-14-15-16-7-12(10-5-17-18-6-10)22(15)8-9(2)19-14;1-5-6(2,3)4;1-4-5(2)3;1-3-4-2;1-4-2-3/h4-8H,3H2,1-2H3,(H,17,18)(H,19,20);5H2,1-4H3;5H,4H2,1-3H3;3-4H2,1-2H3;2H,1H3. The second-order valence-corrected chi connectivity index (χ2v) is 12.1. The Morgan fingerprint density at radius 2 is 1.71 bits per heavy atom. The average Bonchev–Trinajstić information content (AvgIpc) is 3.74. The highest BCUT2D eigenvalue weighted by Crippen LogP contribution is 2.27. The Hall–Kier alpha value is -3.27. The first kappa shape index (κ1) is 38.7. The lowest BCUT2D eigenvalue weighted by Crippen LogP contribution is -2.00. The van der Waals surface area contributed by atoms with Gasteiger partial charge < -0.3 is 10.1 Å². The predicted molar refractivity (Wildman–Crippen MR) is 179 cm³/mol. The van der Waals surface area contributed by atoms with E-state index < -0.39 is 0 Å². The number of unbranched alkanes of at least 4 members (excludes halogenated alkanes) is 1. The van der Waals surface area contributed by atoms with E-state index >= 15 is 0 Å². The molecule has 0 spiro atoms. The van der Waals surface area contributed by atoms with Crippen LogP contribution in [0.25, 0.3) is 16.9 Å². The van der Waals surface area contributed by atoms with E-state index in [0.29, 0.717) is 11.9 Å². The highest BCUT2D eigenvalue weighted by Gasteiger charge is 2.13. The van der Waals surface area contributed by atoms with E-state index in [4.69, 9.17) is 4.79 Å². The number of hydrogen-bond acceptors (Lipinski definition) is 8. The predicted octanol–water partition coefficient (Wildman–Crippen LogP) is 9.28. The zero-order valence-corrected chi connectivity index (χ0v) is 28.9. The molecule has 4 heterocycles. The third-order valence-corrected chi connectivity index (χ3v) is 6.79. The molecule has 0 saturated carbocycles. The minimum atomic E-state index is 0.375. The average molecular weight is 602 g/mol. The van der Waals surface area contributed by atoms with Crippen molar-refractivity contribution in [2.45, 2.75) is 108 Å². The van der Waals surface area contributed by atoms with Gasteiger partial charge in [0.05, 0.1) is 36.6 Å². The maximum Gasteiger partial charge on any atom is 0.292 e. The number of aromatic nitrogens is 6. The molecule has 0 aromatic carbocycles. The van der Waals surface area contributed by atoms with Crippen LogP contribution in [0.2, 0.25) is 0 Å². The molecule has 0 saturated heterocycles. The number of nitrogens with zero attached hydrogens (tertiary/aromatic N) is 5. The summed E-state index contributed by atoms with van der Waals surface area (Å²) in [5.74, 6) is 1.61. The fraction of sp³-hybridized carbons (Fsp3) is 0.594. The number of nitrogens with one attached hydrogen (secondary N) is 2. The van der Waals surface area contributed by atoms with E-state index in [1.165, 1.54) is 44.3 Å². The summed E-state index contributed by atoms with van der Waals surface area (Å²) in [7, 11) is 1.31. The van der Waals surface area contributed by atoms with Crippen LogP contribution in [0.15, 0.2) is 30.9 Å². The van der Waals surface area contributed by atoms with Crippen molar-refractivity contribution < 1.29 is 9.53 Å². The summed E-state index contributed by atoms with van der Waals surface area (Å²) >= 11 is 1.43. The molecule has 236 valence electrons. The molecule has 4 aromatic rings. The molecule has 0 aliphatic rings. The zero-order valence-electron chi connectivity index (χ0n) is 28.0. The highest BCUT2D eigenvalue weighted by atomic mass is 32.1. The summed E-state index contributed by atoms with van der Waals surface area (Å²) in [6.07, 6.45) is 13.6. The van der Waals surface area contributed by atoms with Crippen molar-refractivity contribution in [2.24, 2.45) is 11.3 Å². The van der Waals surface area contributed by atoms with Gasteiger partial charge in [-0.1, -0.05) is 94.9 Å². The molecule has 9 nitrogen and oxygen atoms in total. The van der Waals surface area contributed by atoms with Crippen molar-refractivity contribution in [3.63, 3.8) is 0 Å². The smallest absolute Gasteiger partial charge is 0.292 e. The van der Waals surface area contributed by atoms with Crippen molar-refractivity contribution in [2.75, 3.05) is 12.4 Å². The lowest BCUT2D eigenvalue weighted by atomic mass is 9.94. The van der Waals surface area contributed by atoms with Crippen LogP contribution in [0, 0.1) is 18.3 Å². The molecule has 2 N–H and O–H groups in total. The molecule has 0 aliphatic heterocycles. The summed E-state index contributed by atoms with van der Waals surface area (Å²) in [6, 6.07) is 2.05. The summed E-state index contributed by atoms with van der Waals surface area (Å²) in [5, 5.41) is 11.1. The number of carbonyl (C=O) groups is 1. The molecule has 0 atom stereocenters. The number of aryl methyl sites for hydroxylation is 2. The Balaban J connectivity index is 0.000000727. The van der Waals surface area contributed by atoms with Gasteiger partial charge in [-0.05, 0) is 42.3 Å². The molecule has 0 amide bonds. The van der Waals surface area contributed by atoms with Crippen LogP contribution in [0.4, 0.5) is 10.8 Å². The van der Waals surface area contributed by atoms with Gasteiger partial charge in [0.15, 0.2) is 11.5 Å². The fourth-order valence-corrected chi connectivity index (χ4v) is 3.18. The van der Waals surface area contributed by atoms with Crippen LogP contribution in [-0.2, 0) is 16.0 Å². The van der Waals surface area contributed by atoms with Crippen molar-refractivity contribution >= 4 is 34.5 Å². The van der Waals surface area contributed by atoms with Crippen LogP contribution in [0.3, 0.4) is 0 Å². The quantitative estimate of drug-likeness (QED) is 0.203. The van der Waals surface area contributed by atoms with Gasteiger partial charge in [0, 0.05) is 18.0 Å². The molecule has 4 rings (SSSR count). The number of rotatable bonds is 7. The molecular formula is C32H55N7O2S. The normalized spacial score (nSPS) is 10.2. The van der Waals surface area contributed by atoms with E-state index in [9.17, 15) is 0 Å². The van der Waals surface area contributed by atoms with Crippen LogP contribution >= 0.6 is 11.5 Å². The van der Waals surface area contributed by atoms with Crippen molar-refractivity contribution in [3.8, 4) is 11.3 Å². The molecule has 0 unspecified atom stereocenters. The first-order valence-electron chi connectivity index (χ1n) is 14.9. The van der Waals surface area contributed by atoms with Crippen LogP contribution < -0.4 is 5.32 Å². The molecule has 10 heteroatoms. The van der Waals surface area contributed by atoms with E-state index in [2.05, 4.69) is 104 Å². The van der Waals surface area contributed by atoms with Crippen molar-refractivity contribution in [3.05, 3.63) is 42.2 Å². The summed E-state index contributed by atoms with van der Waals surface area (Å²) in [4.78, 5) is 18.1. The van der Waals surface area contributed by atoms with Gasteiger partial charge >= 0.3 is 0 Å². The van der Waals surface area contributed by atoms with E-state index in [1.807, 2.05) is 36.0 Å². The van der Waals surface area contributed by atoms with E-state index in [1.54, 1.807) is 6.20 Å². The summed E-state index contributed by atoms with van der Waals surface area (Å²) < 4.78 is 10.3. The van der Waals surface area contributed by atoms with Crippen molar-refractivity contribution in [1.29, 1.82) is 0 Å². The number of carbonyl (C=O) groups excluding carboxylic acids is 1. The van der Waals surface area contributed by atoms with Gasteiger partial charge in [0.1, 0.15) is 5.00 Å². The number of ether oxygens (including phenoxy) is 1. The van der Waals surface area contributed by atoms with Gasteiger partial charge in [-0.25, -0.2) is 9.97 Å². The lowest BCUT2D eigenvalue weighted by Gasteiger charge is -2.12. The Labute approximate surface area is 258 Å². The Morgan fingerprint density at radius 3 is 2.12 bits per heavy atom. The Morgan fingerprint density at radius 1 is 1.12 bits per heavy atom. The van der Waals surface area contributed by atoms with Crippen LogP contribution in [-0.4, -0.2) is 42.5 Å². The summed E-state index contributed by atoms with van der Waals surface area (Å²) in [6.45, 7) is 24.4. The van der Waals surface area contributed by atoms with Gasteiger partial charge in [0.25, 0.3) is 6.47 Å². The van der Waals surface area contributed by atoms with Gasteiger partial charge in [-0.2, -0.15) is 9.47 Å². The first-order chi connectivity index (χ1) is 19.9. The number of anilines is 2. The minimum Gasteiger partial charge on any atom is -0.471 e. The van der Waals surface area contributed by atoms with E-state index in [0.717, 1.165) is 51.5 Å². The molecule has 0 radical (unpaired) electrons. The maximum atomic E-state index is 8.95. The minimum absolute atomic E-state index is 0.375. The third-order valence-electron chi connectivity index (χ3n) is 6.04. The lowest BCUT2D eigenvalue weighted by molar-refractivity contribution is -0.126. The Kier molecular flexibility index (Phi) is 19.8. The second-order valence-electron chi connectivity index (χ2n) is 11.3. The molecule has 0 fully saturated rings. The first-order valence-corrected chi connectivity index (χ1v) is 15.7. The molecule has 4 aromatic heterocycles. The summed E-state index contributed by atoms with van der Waals surface area (Å²) in [5.41, 5.74) is 5.26. The number of hydrogen-bond donors (Lipinski definition) is 2. The van der Waals surface area contributed by atoms with Gasteiger partial charge in [0.2, 0.25) is 0 Å². The fourth-order valence-electron chi connectivity index (χ4n) is 2.45. The number of fused-ring (bicyclic) bond motifs is 1.